The number of morpholine rings is 1. The van der Waals surface area contributed by atoms with Crippen molar-refractivity contribution in [3.63, 3.8) is 0 Å². The van der Waals surface area contributed by atoms with Crippen LogP contribution in [-0.4, -0.2) is 36.3 Å². The van der Waals surface area contributed by atoms with Gasteiger partial charge in [0.2, 0.25) is 0 Å². The first-order valence-electron chi connectivity index (χ1n) is 4.91. The quantitative estimate of drug-likeness (QED) is 0.537. The van der Waals surface area contributed by atoms with Crippen LogP contribution in [0, 0.1) is 0 Å². The van der Waals surface area contributed by atoms with E-state index in [1.807, 2.05) is 6.08 Å². The molecule has 1 atom stereocenters. The van der Waals surface area contributed by atoms with Crippen LogP contribution in [0.15, 0.2) is 22.8 Å². The lowest BCUT2D eigenvalue weighted by atomic mass is 10.00. The van der Waals surface area contributed by atoms with E-state index in [0.717, 1.165) is 18.7 Å². The third-order valence-electron chi connectivity index (χ3n) is 2.51. The van der Waals surface area contributed by atoms with Crippen LogP contribution in [0.2, 0.25) is 0 Å². The summed E-state index contributed by atoms with van der Waals surface area (Å²) in [5, 5.41) is 3.94. The summed E-state index contributed by atoms with van der Waals surface area (Å²) in [5.74, 6) is 0. The lowest BCUT2D eigenvalue weighted by Crippen LogP contribution is -2.39. The Morgan fingerprint density at radius 1 is 1.53 bits per heavy atom. The fourth-order valence-corrected chi connectivity index (χ4v) is 2.03. The Bertz CT molecular complexity index is 363. The zero-order valence-electron chi connectivity index (χ0n) is 8.24. The van der Waals surface area contributed by atoms with Crippen LogP contribution in [0.4, 0.5) is 0 Å². The highest BCUT2D eigenvalue weighted by atomic mass is 35.5. The molecule has 1 unspecified atom stereocenters. The summed E-state index contributed by atoms with van der Waals surface area (Å²) in [6, 6.07) is 0. The Kier molecular flexibility index (Phi) is 3.34. The van der Waals surface area contributed by atoms with Gasteiger partial charge in [-0.1, -0.05) is 11.6 Å². The minimum Gasteiger partial charge on any atom is -0.371 e. The molecule has 0 bridgehead atoms. The molecule has 5 heteroatoms. The molecule has 80 valence electrons. The fourth-order valence-electron chi connectivity index (χ4n) is 1.71. The number of rotatable bonds is 1. The number of allylic oxidation sites excluding steroid dienone is 2. The monoisotopic (exact) mass is 225 g/mol. The van der Waals surface area contributed by atoms with Crippen LogP contribution in [0.3, 0.4) is 0 Å². The molecule has 1 N–H and O–H groups in total. The molecule has 4 nitrogen and oxygen atoms in total. The predicted octanol–water partition coefficient (Wildman–Crippen LogP) is 1.10. The summed E-state index contributed by atoms with van der Waals surface area (Å²) < 4.78 is 5.60. The molecule has 0 aromatic heterocycles. The molecule has 2 aliphatic rings. The molecule has 0 spiro atoms. The predicted molar refractivity (Wildman–Crippen MR) is 57.9 cm³/mol. The molecule has 0 amide bonds. The summed E-state index contributed by atoms with van der Waals surface area (Å²) in [6.07, 6.45) is 4.12. The number of ether oxygens (including phenoxy) is 1. The summed E-state index contributed by atoms with van der Waals surface area (Å²) in [5.41, 5.74) is 10.2. The maximum Gasteiger partial charge on any atom is 0.297 e. The molecule has 1 saturated heterocycles. The van der Waals surface area contributed by atoms with Crippen molar-refractivity contribution in [2.75, 3.05) is 19.7 Å². The second-order valence-corrected chi connectivity index (χ2v) is 3.98. The van der Waals surface area contributed by atoms with E-state index in [1.54, 1.807) is 6.08 Å². The number of halogens is 1. The van der Waals surface area contributed by atoms with Crippen molar-refractivity contribution in [1.82, 2.24) is 5.32 Å². The number of hydrogen-bond donors (Lipinski definition) is 1. The second kappa shape index (κ2) is 4.73. The largest absolute Gasteiger partial charge is 0.371 e. The molecular weight excluding hydrogens is 214 g/mol. The van der Waals surface area contributed by atoms with Gasteiger partial charge in [0.25, 0.3) is 5.71 Å². The molecular formula is C10H12ClN3O. The van der Waals surface area contributed by atoms with Gasteiger partial charge in [-0.05, 0) is 11.6 Å². The normalized spacial score (nSPS) is 26.7. The summed E-state index contributed by atoms with van der Waals surface area (Å²) >= 11 is 6.12. The van der Waals surface area contributed by atoms with E-state index in [0.29, 0.717) is 23.8 Å². The number of nitrogens with one attached hydrogen (secondary N) is 1. The minimum absolute atomic E-state index is 0.0164. The highest BCUT2D eigenvalue weighted by Crippen LogP contribution is 2.25. The van der Waals surface area contributed by atoms with Gasteiger partial charge in [-0.25, -0.2) is 0 Å². The number of nitrogens with zero attached hydrogens (tertiary/aromatic N) is 2. The maximum absolute atomic E-state index is 8.62. The highest BCUT2D eigenvalue weighted by molar-refractivity contribution is 6.32. The fraction of sp³-hybridized carbons (Fsp3) is 0.500. The molecule has 15 heavy (non-hydrogen) atoms. The first-order chi connectivity index (χ1) is 7.31. The van der Waals surface area contributed by atoms with Gasteiger partial charge in [0.1, 0.15) is 0 Å². The summed E-state index contributed by atoms with van der Waals surface area (Å²) in [7, 11) is 0. The lowest BCUT2D eigenvalue weighted by Gasteiger charge is -2.26. The summed E-state index contributed by atoms with van der Waals surface area (Å²) in [4.78, 5) is 3.13. The van der Waals surface area contributed by atoms with Crippen LogP contribution in [0.25, 0.3) is 5.53 Å². The SMILES string of the molecule is [N-]=[N+]=C1C=CC(C2CNCCO2)=C(Cl)C1. The minimum atomic E-state index is 0.0164. The van der Waals surface area contributed by atoms with Crippen LogP contribution in [0.5, 0.6) is 0 Å². The van der Waals surface area contributed by atoms with E-state index < -0.39 is 0 Å². The first kappa shape index (κ1) is 10.6. The van der Waals surface area contributed by atoms with Crippen molar-refractivity contribution < 1.29 is 9.53 Å². The second-order valence-electron chi connectivity index (χ2n) is 3.53. The Labute approximate surface area is 93.2 Å². The van der Waals surface area contributed by atoms with Crippen LogP contribution in [-0.2, 0) is 4.74 Å². The van der Waals surface area contributed by atoms with Crippen molar-refractivity contribution in [3.8, 4) is 0 Å². The van der Waals surface area contributed by atoms with Crippen LogP contribution in [0.1, 0.15) is 6.42 Å². The standard InChI is InChI=1S/C10H12ClN3O/c11-9-5-7(14-12)1-2-8(9)10-6-13-3-4-15-10/h1-2,10,13H,3-6H2. The van der Waals surface area contributed by atoms with E-state index in [9.17, 15) is 0 Å². The Morgan fingerprint density at radius 2 is 2.40 bits per heavy atom. The van der Waals surface area contributed by atoms with Crippen molar-refractivity contribution >= 4 is 17.3 Å². The van der Waals surface area contributed by atoms with Gasteiger partial charge in [-0.2, -0.15) is 4.79 Å². The van der Waals surface area contributed by atoms with E-state index in [4.69, 9.17) is 21.9 Å². The lowest BCUT2D eigenvalue weighted by molar-refractivity contribution is -0.00564. The van der Waals surface area contributed by atoms with Gasteiger partial charge in [0, 0.05) is 24.2 Å². The first-order valence-corrected chi connectivity index (χ1v) is 5.29. The molecule has 0 aromatic rings. The Hall–Kier alpha value is -0.930. The van der Waals surface area contributed by atoms with E-state index >= 15 is 0 Å². The molecule has 1 heterocycles. The zero-order valence-corrected chi connectivity index (χ0v) is 9.00. The molecule has 0 saturated carbocycles. The molecule has 1 fully saturated rings. The summed E-state index contributed by atoms with van der Waals surface area (Å²) in [6.45, 7) is 2.36. The number of hydrogen-bond acceptors (Lipinski definition) is 2. The highest BCUT2D eigenvalue weighted by Gasteiger charge is 2.24. The zero-order chi connectivity index (χ0) is 10.7. The van der Waals surface area contributed by atoms with Crippen molar-refractivity contribution in [3.05, 3.63) is 28.3 Å². The average Bonchev–Trinajstić information content (AvgIpc) is 2.30. The van der Waals surface area contributed by atoms with Crippen LogP contribution < -0.4 is 5.32 Å². The molecule has 1 aliphatic carbocycles. The molecule has 1 aliphatic heterocycles. The van der Waals surface area contributed by atoms with E-state index in [2.05, 4.69) is 10.1 Å². The van der Waals surface area contributed by atoms with Gasteiger partial charge in [0.15, 0.2) is 0 Å². The average molecular weight is 226 g/mol. The van der Waals surface area contributed by atoms with Crippen molar-refractivity contribution in [2.45, 2.75) is 12.5 Å². The third kappa shape index (κ3) is 2.36. The van der Waals surface area contributed by atoms with E-state index in [1.165, 1.54) is 0 Å². The van der Waals surface area contributed by atoms with Gasteiger partial charge < -0.3 is 15.6 Å². The van der Waals surface area contributed by atoms with Gasteiger partial charge in [0.05, 0.1) is 19.1 Å². The van der Waals surface area contributed by atoms with Gasteiger partial charge >= 0.3 is 0 Å². The van der Waals surface area contributed by atoms with Gasteiger partial charge in [-0.15, -0.1) is 0 Å². The Morgan fingerprint density at radius 3 is 3.00 bits per heavy atom. The third-order valence-corrected chi connectivity index (χ3v) is 2.86. The van der Waals surface area contributed by atoms with Crippen molar-refractivity contribution in [1.29, 1.82) is 0 Å². The smallest absolute Gasteiger partial charge is 0.297 e. The molecule has 0 aromatic carbocycles. The molecule has 0 radical (unpaired) electrons. The Balaban J connectivity index is 2.15. The topological polar surface area (TPSA) is 57.7 Å². The van der Waals surface area contributed by atoms with Crippen molar-refractivity contribution in [2.24, 2.45) is 0 Å². The van der Waals surface area contributed by atoms with Crippen LogP contribution >= 0.6 is 11.6 Å². The maximum atomic E-state index is 8.62. The molecule has 2 rings (SSSR count). The van der Waals surface area contributed by atoms with E-state index in [-0.39, 0.29) is 6.10 Å². The van der Waals surface area contributed by atoms with Gasteiger partial charge in [-0.3, -0.25) is 0 Å².